The number of hydrogen-bond donors (Lipinski definition) is 2. The van der Waals surface area contributed by atoms with E-state index in [9.17, 15) is 9.59 Å². The summed E-state index contributed by atoms with van der Waals surface area (Å²) < 4.78 is 10.8. The van der Waals surface area contributed by atoms with Crippen LogP contribution in [-0.2, 0) is 14.3 Å². The van der Waals surface area contributed by atoms with E-state index in [4.69, 9.17) is 20.6 Å². The Morgan fingerprint density at radius 2 is 1.63 bits per heavy atom. The molecule has 7 heteroatoms. The van der Waals surface area contributed by atoms with Crippen LogP contribution in [0.1, 0.15) is 34.1 Å². The van der Waals surface area contributed by atoms with Crippen LogP contribution in [0.3, 0.4) is 0 Å². The molecule has 2 aliphatic rings. The third-order valence-electron chi connectivity index (χ3n) is 7.04. The van der Waals surface area contributed by atoms with Crippen molar-refractivity contribution in [2.45, 2.75) is 11.8 Å². The quantitative estimate of drug-likeness (QED) is 0.332. The fraction of sp³-hybridized carbons (Fsp3) is 0.250. The van der Waals surface area contributed by atoms with Gasteiger partial charge in [-0.25, -0.2) is 4.79 Å². The zero-order valence-corrected chi connectivity index (χ0v) is 19.4. The van der Waals surface area contributed by atoms with E-state index >= 15 is 0 Å². The lowest BCUT2D eigenvalue weighted by Gasteiger charge is -2.19. The van der Waals surface area contributed by atoms with E-state index in [1.165, 1.54) is 18.2 Å². The minimum atomic E-state index is -0.525. The molecule has 0 radical (unpaired) electrons. The average Bonchev–Trinajstić information content (AvgIpc) is 3.47. The Kier molecular flexibility index (Phi) is 5.99. The predicted molar refractivity (Wildman–Crippen MR) is 132 cm³/mol. The molecule has 3 N–H and O–H groups in total. The highest BCUT2D eigenvalue weighted by Crippen LogP contribution is 2.44. The molecule has 3 aromatic rings. The maximum atomic E-state index is 13.1. The van der Waals surface area contributed by atoms with Crippen molar-refractivity contribution >= 4 is 17.9 Å². The number of amides is 1. The molecule has 0 bridgehead atoms. The zero-order valence-electron chi connectivity index (χ0n) is 19.4. The number of hydrogen-bond acceptors (Lipinski definition) is 5. The van der Waals surface area contributed by atoms with Crippen LogP contribution in [0, 0.1) is 11.3 Å². The number of nitrogen functional groups attached to an aromatic ring is 1. The van der Waals surface area contributed by atoms with E-state index in [2.05, 4.69) is 24.3 Å². The maximum absolute atomic E-state index is 13.1. The van der Waals surface area contributed by atoms with E-state index in [0.29, 0.717) is 12.1 Å². The third-order valence-corrected chi connectivity index (χ3v) is 7.04. The van der Waals surface area contributed by atoms with Crippen LogP contribution in [0.25, 0.3) is 11.1 Å². The summed E-state index contributed by atoms with van der Waals surface area (Å²) in [6.45, 7) is 0.743. The van der Waals surface area contributed by atoms with Gasteiger partial charge < -0.3 is 20.1 Å². The molecule has 35 heavy (non-hydrogen) atoms. The highest BCUT2D eigenvalue weighted by atomic mass is 16.6. The molecule has 1 heterocycles. The van der Waals surface area contributed by atoms with Crippen molar-refractivity contribution in [2.75, 3.05) is 26.8 Å². The smallest absolute Gasteiger partial charge is 0.409 e. The number of nitrogens with one attached hydrogen (secondary N) is 1. The summed E-state index contributed by atoms with van der Waals surface area (Å²) in [5.41, 5.74) is 11.7. The molecule has 2 atom stereocenters. The molecule has 1 fully saturated rings. The maximum Gasteiger partial charge on any atom is 0.409 e. The fourth-order valence-electron chi connectivity index (χ4n) is 5.30. The molecular formula is C28H27N3O4. The molecule has 0 aromatic heterocycles. The van der Waals surface area contributed by atoms with Gasteiger partial charge in [0.05, 0.1) is 13.0 Å². The van der Waals surface area contributed by atoms with Gasteiger partial charge >= 0.3 is 12.1 Å². The van der Waals surface area contributed by atoms with Crippen LogP contribution in [0.2, 0.25) is 0 Å². The first kappa shape index (κ1) is 22.7. The van der Waals surface area contributed by atoms with Gasteiger partial charge in [-0.2, -0.15) is 0 Å². The average molecular weight is 470 g/mol. The number of benzene rings is 3. The van der Waals surface area contributed by atoms with E-state index < -0.39 is 12.0 Å². The summed E-state index contributed by atoms with van der Waals surface area (Å²) in [7, 11) is 1.35. The van der Waals surface area contributed by atoms with Gasteiger partial charge in [-0.15, -0.1) is 0 Å². The van der Waals surface area contributed by atoms with Gasteiger partial charge in [0.1, 0.15) is 12.4 Å². The van der Waals surface area contributed by atoms with Crippen molar-refractivity contribution in [3.8, 4) is 11.1 Å². The highest BCUT2D eigenvalue weighted by Gasteiger charge is 2.42. The Balaban J connectivity index is 1.34. The SMILES string of the molecule is COC(=O)[C@H]1CN(C(=O)OCC2c3ccccc3-c3ccccc32)C[C@@H]1c1cccc(C(=N)N)c1. The van der Waals surface area contributed by atoms with Crippen LogP contribution < -0.4 is 5.73 Å². The van der Waals surface area contributed by atoms with Gasteiger partial charge in [-0.3, -0.25) is 10.2 Å². The summed E-state index contributed by atoms with van der Waals surface area (Å²) in [6.07, 6.45) is -0.453. The van der Waals surface area contributed by atoms with Gasteiger partial charge in [0.15, 0.2) is 0 Å². The number of likely N-dealkylation sites (tertiary alicyclic amines) is 1. The number of ether oxygens (including phenoxy) is 2. The molecule has 178 valence electrons. The summed E-state index contributed by atoms with van der Waals surface area (Å²) in [4.78, 5) is 27.3. The van der Waals surface area contributed by atoms with Gasteiger partial charge in [-0.1, -0.05) is 66.7 Å². The second kappa shape index (κ2) is 9.25. The number of rotatable bonds is 5. The first-order chi connectivity index (χ1) is 17.0. The van der Waals surface area contributed by atoms with Crippen LogP contribution in [0.4, 0.5) is 4.79 Å². The normalized spacial score (nSPS) is 18.6. The van der Waals surface area contributed by atoms with E-state index in [0.717, 1.165) is 16.7 Å². The summed E-state index contributed by atoms with van der Waals surface area (Å²) in [5.74, 6) is -1.26. The Bertz CT molecular complexity index is 1260. The summed E-state index contributed by atoms with van der Waals surface area (Å²) >= 11 is 0. The van der Waals surface area contributed by atoms with E-state index in [1.807, 2.05) is 30.3 Å². The molecule has 5 rings (SSSR count). The predicted octanol–water partition coefficient (Wildman–Crippen LogP) is 4.11. The number of nitrogens with zero attached hydrogens (tertiary/aromatic N) is 1. The lowest BCUT2D eigenvalue weighted by molar-refractivity contribution is -0.145. The number of methoxy groups -OCH3 is 1. The number of nitrogens with two attached hydrogens (primary N) is 1. The minimum Gasteiger partial charge on any atom is -0.469 e. The first-order valence-corrected chi connectivity index (χ1v) is 11.6. The topological polar surface area (TPSA) is 106 Å². The Labute approximate surface area is 204 Å². The number of fused-ring (bicyclic) bond motifs is 3. The van der Waals surface area contributed by atoms with Crippen LogP contribution in [0.15, 0.2) is 72.8 Å². The first-order valence-electron chi connectivity index (χ1n) is 11.6. The van der Waals surface area contributed by atoms with Crippen molar-refractivity contribution in [3.05, 3.63) is 95.1 Å². The molecule has 7 nitrogen and oxygen atoms in total. The van der Waals surface area contributed by atoms with Gasteiger partial charge in [0.2, 0.25) is 0 Å². The summed E-state index contributed by atoms with van der Waals surface area (Å²) in [6, 6.07) is 23.6. The van der Waals surface area contributed by atoms with Crippen molar-refractivity contribution in [1.82, 2.24) is 4.90 Å². The van der Waals surface area contributed by atoms with Crippen molar-refractivity contribution in [1.29, 1.82) is 5.41 Å². The highest BCUT2D eigenvalue weighted by molar-refractivity contribution is 5.95. The molecule has 0 spiro atoms. The van der Waals surface area contributed by atoms with Crippen LogP contribution in [0.5, 0.6) is 0 Å². The van der Waals surface area contributed by atoms with Crippen molar-refractivity contribution < 1.29 is 19.1 Å². The molecular weight excluding hydrogens is 442 g/mol. The van der Waals surface area contributed by atoms with Crippen molar-refractivity contribution in [3.63, 3.8) is 0 Å². The molecule has 1 amide bonds. The molecule has 0 saturated carbocycles. The summed E-state index contributed by atoms with van der Waals surface area (Å²) in [5, 5.41) is 7.72. The lowest BCUT2D eigenvalue weighted by atomic mass is 9.88. The number of carbonyl (C=O) groups is 2. The minimum absolute atomic E-state index is 0.0339. The Morgan fingerprint density at radius 3 is 2.26 bits per heavy atom. The third kappa shape index (κ3) is 4.14. The van der Waals surface area contributed by atoms with Crippen LogP contribution >= 0.6 is 0 Å². The Morgan fingerprint density at radius 1 is 0.971 bits per heavy atom. The van der Waals surface area contributed by atoms with Gasteiger partial charge in [0, 0.05) is 30.5 Å². The standard InChI is InChI=1S/C28H27N3O4/c1-34-27(32)24-15-31(14-23(24)17-7-6-8-18(13-17)26(29)30)28(33)35-16-25-21-11-4-2-9-19(21)20-10-3-5-12-22(20)25/h2-13,23-25H,14-16H2,1H3,(H3,29,30)/t23-,24+/m1/s1. The molecule has 1 saturated heterocycles. The molecule has 1 aliphatic carbocycles. The van der Waals surface area contributed by atoms with Crippen LogP contribution in [-0.4, -0.2) is 49.6 Å². The van der Waals surface area contributed by atoms with Gasteiger partial charge in [0.25, 0.3) is 0 Å². The second-order valence-corrected chi connectivity index (χ2v) is 8.98. The monoisotopic (exact) mass is 469 g/mol. The Hall–Kier alpha value is -4.13. The number of carbonyl (C=O) groups excluding carboxylic acids is 2. The lowest BCUT2D eigenvalue weighted by Crippen LogP contribution is -2.31. The van der Waals surface area contributed by atoms with Gasteiger partial charge in [-0.05, 0) is 33.9 Å². The van der Waals surface area contributed by atoms with Crippen molar-refractivity contribution in [2.24, 2.45) is 11.7 Å². The number of amidine groups is 1. The second-order valence-electron chi connectivity index (χ2n) is 8.98. The zero-order chi connectivity index (χ0) is 24.5. The molecule has 3 aromatic carbocycles. The molecule has 0 unspecified atom stereocenters. The van der Waals surface area contributed by atoms with E-state index in [-0.39, 0.29) is 36.8 Å². The fourth-order valence-corrected chi connectivity index (χ4v) is 5.30. The largest absolute Gasteiger partial charge is 0.469 e. The van der Waals surface area contributed by atoms with E-state index in [1.54, 1.807) is 23.1 Å². The number of esters is 1. The molecule has 1 aliphatic heterocycles.